The zero-order valence-corrected chi connectivity index (χ0v) is 21.2. The van der Waals surface area contributed by atoms with Crippen LogP contribution in [-0.4, -0.2) is 61.7 Å². The van der Waals surface area contributed by atoms with Crippen LogP contribution in [0.15, 0.2) is 78.9 Å². The summed E-state index contributed by atoms with van der Waals surface area (Å²) in [6.07, 6.45) is 2.66. The summed E-state index contributed by atoms with van der Waals surface area (Å²) in [5.74, 6) is 3.61. The molecule has 6 aliphatic rings. The largest absolute Gasteiger partial charge is 0.367 e. The molecule has 0 spiro atoms. The first-order chi connectivity index (χ1) is 17.8. The monoisotopic (exact) mass is 475 g/mol. The zero-order chi connectivity index (χ0) is 23.6. The van der Waals surface area contributed by atoms with Gasteiger partial charge in [0, 0.05) is 56.3 Å². The molecule has 3 aromatic carbocycles. The Hall–Kier alpha value is -2.62. The molecule has 0 amide bonds. The molecule has 4 atom stereocenters. The predicted molar refractivity (Wildman–Crippen MR) is 147 cm³/mol. The number of rotatable bonds is 5. The van der Waals surface area contributed by atoms with Crippen LogP contribution in [0, 0.1) is 17.8 Å². The van der Waals surface area contributed by atoms with Gasteiger partial charge in [-0.25, -0.2) is 0 Å². The minimum atomic E-state index is 0.597. The Balaban J connectivity index is 0.923. The molecule has 3 fully saturated rings. The lowest BCUT2D eigenvalue weighted by Gasteiger charge is -2.48. The van der Waals surface area contributed by atoms with E-state index in [2.05, 4.69) is 93.6 Å². The van der Waals surface area contributed by atoms with Crippen LogP contribution < -0.4 is 4.90 Å². The van der Waals surface area contributed by atoms with E-state index < -0.39 is 0 Å². The molecule has 3 heteroatoms. The molecule has 184 valence electrons. The number of anilines is 1. The van der Waals surface area contributed by atoms with E-state index in [-0.39, 0.29) is 0 Å². The third kappa shape index (κ3) is 3.25. The summed E-state index contributed by atoms with van der Waals surface area (Å²) in [6, 6.07) is 30.5. The van der Waals surface area contributed by atoms with Gasteiger partial charge < -0.3 is 14.7 Å². The predicted octanol–water partition coefficient (Wildman–Crippen LogP) is 5.43. The second kappa shape index (κ2) is 8.46. The van der Waals surface area contributed by atoms with E-state index in [0.717, 1.165) is 23.8 Å². The summed E-state index contributed by atoms with van der Waals surface area (Å²) in [5, 5.41) is 0. The van der Waals surface area contributed by atoms with Crippen molar-refractivity contribution in [2.75, 3.05) is 50.7 Å². The number of nitrogens with zero attached hydrogens (tertiary/aromatic N) is 3. The maximum absolute atomic E-state index is 2.82. The fourth-order valence-electron chi connectivity index (χ4n) is 8.93. The van der Waals surface area contributed by atoms with Crippen molar-refractivity contribution in [1.82, 2.24) is 9.80 Å². The summed E-state index contributed by atoms with van der Waals surface area (Å²) in [4.78, 5) is 8.27. The molecule has 36 heavy (non-hydrogen) atoms. The van der Waals surface area contributed by atoms with Crippen LogP contribution in [-0.2, 0) is 0 Å². The summed E-state index contributed by atoms with van der Waals surface area (Å²) < 4.78 is 0. The van der Waals surface area contributed by atoms with Crippen LogP contribution in [0.4, 0.5) is 5.69 Å². The number of para-hydroxylation sites is 1. The quantitative estimate of drug-likeness (QED) is 0.487. The maximum atomic E-state index is 2.82. The van der Waals surface area contributed by atoms with Crippen molar-refractivity contribution in [3.05, 3.63) is 101 Å². The van der Waals surface area contributed by atoms with E-state index in [1.54, 1.807) is 22.3 Å². The fraction of sp³-hybridized carbons (Fsp3) is 0.455. The van der Waals surface area contributed by atoms with E-state index in [1.165, 1.54) is 64.3 Å². The van der Waals surface area contributed by atoms with Crippen LogP contribution in [0.1, 0.15) is 46.9 Å². The van der Waals surface area contributed by atoms with E-state index in [1.807, 2.05) is 0 Å². The number of fused-ring (bicyclic) bond motifs is 1. The van der Waals surface area contributed by atoms with Gasteiger partial charge in [-0.05, 0) is 78.1 Å². The molecule has 0 aromatic heterocycles. The van der Waals surface area contributed by atoms with Crippen molar-refractivity contribution in [1.29, 1.82) is 0 Å². The number of hydrogen-bond donors (Lipinski definition) is 0. The summed E-state index contributed by atoms with van der Waals surface area (Å²) in [6.45, 7) is 8.86. The van der Waals surface area contributed by atoms with Crippen LogP contribution in [0.3, 0.4) is 0 Å². The first-order valence-electron chi connectivity index (χ1n) is 14.3. The minimum Gasteiger partial charge on any atom is -0.367 e. The Morgan fingerprint density at radius 1 is 0.583 bits per heavy atom. The molecule has 3 saturated heterocycles. The molecule has 0 saturated carbocycles. The molecule has 0 radical (unpaired) electrons. The van der Waals surface area contributed by atoms with Crippen molar-refractivity contribution in [2.45, 2.75) is 30.7 Å². The molecule has 3 heterocycles. The third-order valence-electron chi connectivity index (χ3n) is 10.3. The number of hydrogen-bond acceptors (Lipinski definition) is 3. The second-order valence-corrected chi connectivity index (χ2v) is 12.1. The zero-order valence-electron chi connectivity index (χ0n) is 21.2. The lowest BCUT2D eigenvalue weighted by molar-refractivity contribution is 0.264. The topological polar surface area (TPSA) is 9.72 Å². The first kappa shape index (κ1) is 21.5. The van der Waals surface area contributed by atoms with Crippen molar-refractivity contribution in [2.24, 2.45) is 17.8 Å². The SMILES string of the molecule is c1ccc(N2CCC3CN(CCCN4CC5C6c7ccccc7C(c7ccccc76)C5C4)CC32)cc1. The number of benzene rings is 3. The van der Waals surface area contributed by atoms with Gasteiger partial charge in [0.25, 0.3) is 0 Å². The van der Waals surface area contributed by atoms with Gasteiger partial charge in [-0.15, -0.1) is 0 Å². The third-order valence-corrected chi connectivity index (χ3v) is 10.3. The van der Waals surface area contributed by atoms with Crippen LogP contribution >= 0.6 is 0 Å². The summed E-state index contributed by atoms with van der Waals surface area (Å²) in [7, 11) is 0. The number of likely N-dealkylation sites (tertiary alicyclic amines) is 2. The summed E-state index contributed by atoms with van der Waals surface area (Å²) >= 11 is 0. The molecule has 3 aromatic rings. The standard InChI is InChI=1S/C33H37N3/c1-2-9-24(10-3-1)36-18-15-23-19-34(22-31(23)36)16-8-17-35-20-29-30(21-35)33-26-12-5-4-11-25(26)32(29)27-13-6-7-14-28(27)33/h1-7,9-14,23,29-33H,8,15-22H2. The molecular weight excluding hydrogens is 438 g/mol. The Labute approximate surface area is 215 Å². The molecular formula is C33H37N3. The van der Waals surface area contributed by atoms with Crippen molar-refractivity contribution in [3.63, 3.8) is 0 Å². The first-order valence-corrected chi connectivity index (χ1v) is 14.3. The van der Waals surface area contributed by atoms with Crippen LogP contribution in [0.5, 0.6) is 0 Å². The highest BCUT2D eigenvalue weighted by Gasteiger charge is 2.52. The average molecular weight is 476 g/mol. The Bertz CT molecular complexity index is 1150. The van der Waals surface area contributed by atoms with Crippen molar-refractivity contribution < 1.29 is 0 Å². The van der Waals surface area contributed by atoms with Gasteiger partial charge in [0.1, 0.15) is 0 Å². The van der Waals surface area contributed by atoms with Gasteiger partial charge in [0.05, 0.1) is 0 Å². The van der Waals surface area contributed by atoms with E-state index in [9.17, 15) is 0 Å². The molecule has 2 bridgehead atoms. The molecule has 0 N–H and O–H groups in total. The lowest BCUT2D eigenvalue weighted by atomic mass is 9.55. The van der Waals surface area contributed by atoms with Crippen LogP contribution in [0.2, 0.25) is 0 Å². The fourth-order valence-corrected chi connectivity index (χ4v) is 8.93. The minimum absolute atomic E-state index is 0.597. The molecule has 4 unspecified atom stereocenters. The lowest BCUT2D eigenvalue weighted by Crippen LogP contribution is -2.39. The van der Waals surface area contributed by atoms with Crippen molar-refractivity contribution >= 4 is 5.69 Å². The Morgan fingerprint density at radius 2 is 1.11 bits per heavy atom. The molecule has 9 rings (SSSR count). The van der Waals surface area contributed by atoms with Gasteiger partial charge in [0.2, 0.25) is 0 Å². The summed E-state index contributed by atoms with van der Waals surface area (Å²) in [5.41, 5.74) is 7.90. The highest BCUT2D eigenvalue weighted by Crippen LogP contribution is 2.60. The smallest absolute Gasteiger partial charge is 0.0458 e. The van der Waals surface area contributed by atoms with Gasteiger partial charge >= 0.3 is 0 Å². The van der Waals surface area contributed by atoms with Gasteiger partial charge in [-0.3, -0.25) is 0 Å². The van der Waals surface area contributed by atoms with E-state index >= 15 is 0 Å². The normalized spacial score (nSPS) is 32.4. The van der Waals surface area contributed by atoms with Crippen molar-refractivity contribution in [3.8, 4) is 0 Å². The molecule has 3 aliphatic carbocycles. The Kier molecular flexibility index (Phi) is 5.05. The molecule has 3 nitrogen and oxygen atoms in total. The van der Waals surface area contributed by atoms with Gasteiger partial charge in [0.15, 0.2) is 0 Å². The van der Waals surface area contributed by atoms with E-state index in [0.29, 0.717) is 11.8 Å². The second-order valence-electron chi connectivity index (χ2n) is 12.1. The van der Waals surface area contributed by atoms with E-state index in [4.69, 9.17) is 0 Å². The molecule has 3 aliphatic heterocycles. The average Bonchev–Trinajstić information content (AvgIpc) is 3.63. The van der Waals surface area contributed by atoms with Gasteiger partial charge in [-0.1, -0.05) is 66.7 Å². The maximum Gasteiger partial charge on any atom is 0.0458 e. The van der Waals surface area contributed by atoms with Gasteiger partial charge in [-0.2, -0.15) is 0 Å². The van der Waals surface area contributed by atoms with Crippen LogP contribution in [0.25, 0.3) is 0 Å². The highest BCUT2D eigenvalue weighted by atomic mass is 15.3. The Morgan fingerprint density at radius 3 is 1.69 bits per heavy atom. The highest BCUT2D eigenvalue weighted by molar-refractivity contribution is 5.57.